The van der Waals surface area contributed by atoms with E-state index in [1.165, 1.54) is 57.8 Å². The molecule has 1 saturated heterocycles. The molecule has 26 heavy (non-hydrogen) atoms. The van der Waals surface area contributed by atoms with Crippen LogP contribution < -0.4 is 0 Å². The average Bonchev–Trinajstić information content (AvgIpc) is 2.92. The fraction of sp³-hybridized carbons (Fsp3) is 0.900. The predicted molar refractivity (Wildman–Crippen MR) is 98.8 cm³/mol. The topological polar surface area (TPSA) is 93.1 Å². The molecule has 6 heteroatoms. The molecule has 0 aromatic rings. The molecule has 0 aliphatic carbocycles. The number of rotatable bonds is 16. The second-order valence-electron chi connectivity index (χ2n) is 7.15. The SMILES string of the molecule is CCCCCCCCCCCCCCOC1C(=O)O[C@H]([C@@H](O)CO)C1=O. The van der Waals surface area contributed by atoms with Gasteiger partial charge in [0.05, 0.1) is 6.61 Å². The maximum atomic E-state index is 11.9. The van der Waals surface area contributed by atoms with Crippen LogP contribution >= 0.6 is 0 Å². The number of ether oxygens (including phenoxy) is 2. The molecule has 1 aliphatic heterocycles. The van der Waals surface area contributed by atoms with E-state index in [0.29, 0.717) is 6.61 Å². The van der Waals surface area contributed by atoms with Crippen LogP contribution in [-0.4, -0.2) is 53.5 Å². The standard InChI is InChI=1S/C20H36O6/c1-2-3-4-5-6-7-8-9-10-11-12-13-14-25-19-17(23)18(16(22)15-21)26-20(19)24/h16,18-19,21-22H,2-15H2,1H3/t16-,18+,19?/m0/s1. The Morgan fingerprint density at radius 3 is 1.92 bits per heavy atom. The summed E-state index contributed by atoms with van der Waals surface area (Å²) >= 11 is 0. The largest absolute Gasteiger partial charge is 0.449 e. The molecular formula is C20H36O6. The van der Waals surface area contributed by atoms with Gasteiger partial charge in [0.2, 0.25) is 11.9 Å². The van der Waals surface area contributed by atoms with Gasteiger partial charge in [0.15, 0.2) is 6.10 Å². The van der Waals surface area contributed by atoms with Gasteiger partial charge in [-0.2, -0.15) is 0 Å². The zero-order chi connectivity index (χ0) is 19.2. The number of Topliss-reactive ketones (excluding diaryl/α,β-unsaturated/α-hetero) is 1. The molecule has 0 bridgehead atoms. The molecule has 1 unspecified atom stereocenters. The minimum Gasteiger partial charge on any atom is -0.449 e. The van der Waals surface area contributed by atoms with Crippen molar-refractivity contribution in [3.63, 3.8) is 0 Å². The molecule has 0 spiro atoms. The van der Waals surface area contributed by atoms with Gasteiger partial charge in [0.25, 0.3) is 0 Å². The molecule has 0 amide bonds. The fourth-order valence-electron chi connectivity index (χ4n) is 3.17. The van der Waals surface area contributed by atoms with E-state index in [1.54, 1.807) is 0 Å². The minimum absolute atomic E-state index is 0.324. The van der Waals surface area contributed by atoms with E-state index >= 15 is 0 Å². The molecule has 1 aliphatic rings. The Balaban J connectivity index is 1.96. The highest BCUT2D eigenvalue weighted by atomic mass is 16.6. The number of aliphatic hydroxyl groups excluding tert-OH is 2. The van der Waals surface area contributed by atoms with E-state index in [0.717, 1.165) is 19.3 Å². The molecule has 152 valence electrons. The van der Waals surface area contributed by atoms with Crippen molar-refractivity contribution in [3.05, 3.63) is 0 Å². The van der Waals surface area contributed by atoms with E-state index < -0.39 is 36.7 Å². The van der Waals surface area contributed by atoms with Gasteiger partial charge in [-0.15, -0.1) is 0 Å². The van der Waals surface area contributed by atoms with Crippen molar-refractivity contribution in [1.29, 1.82) is 0 Å². The first-order valence-corrected chi connectivity index (χ1v) is 10.3. The molecule has 0 radical (unpaired) electrons. The fourth-order valence-corrected chi connectivity index (χ4v) is 3.17. The maximum absolute atomic E-state index is 11.9. The summed E-state index contributed by atoms with van der Waals surface area (Å²) in [6, 6.07) is 0. The second-order valence-corrected chi connectivity index (χ2v) is 7.15. The van der Waals surface area contributed by atoms with Crippen molar-refractivity contribution in [1.82, 2.24) is 0 Å². The number of esters is 1. The number of ketones is 1. The number of hydrogen-bond acceptors (Lipinski definition) is 6. The molecule has 1 heterocycles. The summed E-state index contributed by atoms with van der Waals surface area (Å²) in [5.74, 6) is -1.37. The number of aliphatic hydroxyl groups is 2. The second kappa shape index (κ2) is 14.1. The van der Waals surface area contributed by atoms with Crippen molar-refractivity contribution in [2.45, 2.75) is 102 Å². The summed E-state index contributed by atoms with van der Waals surface area (Å²) < 4.78 is 10.1. The van der Waals surface area contributed by atoms with E-state index in [1.807, 2.05) is 0 Å². The Morgan fingerprint density at radius 1 is 0.923 bits per heavy atom. The maximum Gasteiger partial charge on any atom is 0.344 e. The first-order valence-electron chi connectivity index (χ1n) is 10.3. The zero-order valence-corrected chi connectivity index (χ0v) is 16.2. The van der Waals surface area contributed by atoms with Gasteiger partial charge in [-0.1, -0.05) is 77.6 Å². The highest BCUT2D eigenvalue weighted by Gasteiger charge is 2.47. The van der Waals surface area contributed by atoms with Crippen molar-refractivity contribution < 1.29 is 29.3 Å². The van der Waals surface area contributed by atoms with Crippen LogP contribution in [0.1, 0.15) is 84.0 Å². The number of cyclic esters (lactones) is 1. The van der Waals surface area contributed by atoms with E-state index in [9.17, 15) is 14.7 Å². The van der Waals surface area contributed by atoms with Crippen LogP contribution in [0.5, 0.6) is 0 Å². The van der Waals surface area contributed by atoms with Gasteiger partial charge in [-0.3, -0.25) is 4.79 Å². The van der Waals surface area contributed by atoms with Gasteiger partial charge < -0.3 is 19.7 Å². The van der Waals surface area contributed by atoms with Crippen molar-refractivity contribution >= 4 is 11.8 Å². The first kappa shape index (κ1) is 23.1. The van der Waals surface area contributed by atoms with Gasteiger partial charge in [0.1, 0.15) is 6.10 Å². The van der Waals surface area contributed by atoms with E-state index in [2.05, 4.69) is 6.92 Å². The molecule has 3 atom stereocenters. The van der Waals surface area contributed by atoms with Crippen LogP contribution in [0.3, 0.4) is 0 Å². The first-order chi connectivity index (χ1) is 12.6. The number of hydrogen-bond donors (Lipinski definition) is 2. The number of carbonyl (C=O) groups is 2. The smallest absolute Gasteiger partial charge is 0.344 e. The number of carbonyl (C=O) groups excluding carboxylic acids is 2. The van der Waals surface area contributed by atoms with Crippen LogP contribution in [0.25, 0.3) is 0 Å². The third-order valence-electron chi connectivity index (χ3n) is 4.81. The molecule has 6 nitrogen and oxygen atoms in total. The molecule has 0 aromatic carbocycles. The van der Waals surface area contributed by atoms with Crippen molar-refractivity contribution in [3.8, 4) is 0 Å². The lowest BCUT2D eigenvalue weighted by Crippen LogP contribution is -2.37. The molecule has 0 saturated carbocycles. The van der Waals surface area contributed by atoms with Crippen molar-refractivity contribution in [2.24, 2.45) is 0 Å². The summed E-state index contributed by atoms with van der Waals surface area (Å²) in [6.07, 6.45) is 10.8. The van der Waals surface area contributed by atoms with E-state index in [4.69, 9.17) is 14.6 Å². The third kappa shape index (κ3) is 8.60. The zero-order valence-electron chi connectivity index (χ0n) is 16.2. The Bertz CT molecular complexity index is 398. The summed E-state index contributed by atoms with van der Waals surface area (Å²) in [5.41, 5.74) is 0. The summed E-state index contributed by atoms with van der Waals surface area (Å²) in [6.45, 7) is 1.93. The molecule has 0 aromatic heterocycles. The summed E-state index contributed by atoms with van der Waals surface area (Å²) in [7, 11) is 0. The Morgan fingerprint density at radius 2 is 1.42 bits per heavy atom. The predicted octanol–water partition coefficient (Wildman–Crippen LogP) is 2.92. The highest BCUT2D eigenvalue weighted by molar-refractivity contribution is 6.09. The quantitative estimate of drug-likeness (QED) is 0.246. The summed E-state index contributed by atoms with van der Waals surface area (Å²) in [5, 5.41) is 18.3. The summed E-state index contributed by atoms with van der Waals surface area (Å²) in [4.78, 5) is 23.5. The van der Waals surface area contributed by atoms with Crippen LogP contribution in [0, 0.1) is 0 Å². The van der Waals surface area contributed by atoms with Gasteiger partial charge in [0, 0.05) is 6.61 Å². The van der Waals surface area contributed by atoms with E-state index in [-0.39, 0.29) is 0 Å². The monoisotopic (exact) mass is 372 g/mol. The normalized spacial score (nSPS) is 21.2. The molecule has 1 rings (SSSR count). The average molecular weight is 373 g/mol. The Kier molecular flexibility index (Phi) is 12.5. The lowest BCUT2D eigenvalue weighted by molar-refractivity contribution is -0.153. The van der Waals surface area contributed by atoms with Crippen LogP contribution in [0.2, 0.25) is 0 Å². The van der Waals surface area contributed by atoms with Gasteiger partial charge in [-0.25, -0.2) is 4.79 Å². The molecular weight excluding hydrogens is 336 g/mol. The minimum atomic E-state index is -1.38. The highest BCUT2D eigenvalue weighted by Crippen LogP contribution is 2.18. The van der Waals surface area contributed by atoms with Gasteiger partial charge in [-0.05, 0) is 6.42 Å². The number of unbranched alkanes of at least 4 members (excludes halogenated alkanes) is 11. The lowest BCUT2D eigenvalue weighted by Gasteiger charge is -2.12. The van der Waals surface area contributed by atoms with Crippen LogP contribution in [0.4, 0.5) is 0 Å². The van der Waals surface area contributed by atoms with Gasteiger partial charge >= 0.3 is 5.97 Å². The Hall–Kier alpha value is -0.980. The molecule has 1 fully saturated rings. The Labute approximate surface area is 157 Å². The third-order valence-corrected chi connectivity index (χ3v) is 4.81. The van der Waals surface area contributed by atoms with Crippen LogP contribution in [-0.2, 0) is 19.1 Å². The van der Waals surface area contributed by atoms with Crippen LogP contribution in [0.15, 0.2) is 0 Å². The molecule has 2 N–H and O–H groups in total. The lowest BCUT2D eigenvalue weighted by atomic mass is 10.1. The van der Waals surface area contributed by atoms with Crippen molar-refractivity contribution in [2.75, 3.05) is 13.2 Å².